The molecule has 0 saturated carbocycles. The van der Waals surface area contributed by atoms with E-state index in [2.05, 4.69) is 36.7 Å². The molecule has 7 nitrogen and oxygen atoms in total. The number of rotatable bonds is 2. The Morgan fingerprint density at radius 2 is 2.00 bits per heavy atom. The largest absolute Gasteiger partial charge is 0.345 e. The van der Waals surface area contributed by atoms with Gasteiger partial charge in [-0.05, 0) is 22.0 Å². The van der Waals surface area contributed by atoms with Crippen LogP contribution in [0.1, 0.15) is 21.0 Å². The first-order valence-electron chi connectivity index (χ1n) is 5.26. The van der Waals surface area contributed by atoms with E-state index in [0.717, 1.165) is 4.47 Å². The average Bonchev–Trinajstić information content (AvgIpc) is 2.75. The van der Waals surface area contributed by atoms with Crippen LogP contribution in [0.5, 0.6) is 0 Å². The van der Waals surface area contributed by atoms with Crippen molar-refractivity contribution in [3.63, 3.8) is 0 Å². The molecule has 0 fully saturated rings. The Kier molecular flexibility index (Phi) is 3.91. The highest BCUT2D eigenvalue weighted by Gasteiger charge is 2.13. The van der Waals surface area contributed by atoms with Crippen molar-refractivity contribution in [1.82, 2.24) is 25.4 Å². The summed E-state index contributed by atoms with van der Waals surface area (Å²) in [6.07, 6.45) is 5.89. The van der Waals surface area contributed by atoms with Gasteiger partial charge < -0.3 is 4.57 Å². The van der Waals surface area contributed by atoms with Crippen molar-refractivity contribution < 1.29 is 9.59 Å². The molecule has 0 atom stereocenters. The molecule has 2 aromatic heterocycles. The summed E-state index contributed by atoms with van der Waals surface area (Å²) in [5, 5.41) is 0. The van der Waals surface area contributed by atoms with Crippen LogP contribution in [0, 0.1) is 0 Å². The Labute approximate surface area is 117 Å². The van der Waals surface area contributed by atoms with Gasteiger partial charge in [0.25, 0.3) is 11.8 Å². The number of halogens is 1. The lowest BCUT2D eigenvalue weighted by Crippen LogP contribution is -2.42. The van der Waals surface area contributed by atoms with Crippen molar-refractivity contribution in [2.75, 3.05) is 0 Å². The lowest BCUT2D eigenvalue weighted by molar-refractivity contribution is 0.0839. The van der Waals surface area contributed by atoms with Crippen LogP contribution in [0.25, 0.3) is 0 Å². The third-order valence-corrected chi connectivity index (χ3v) is 2.72. The van der Waals surface area contributed by atoms with Gasteiger partial charge in [-0.25, -0.2) is 4.98 Å². The van der Waals surface area contributed by atoms with Gasteiger partial charge in [-0.2, -0.15) is 0 Å². The van der Waals surface area contributed by atoms with Gasteiger partial charge in [0.2, 0.25) is 0 Å². The maximum Gasteiger partial charge on any atom is 0.289 e. The zero-order valence-corrected chi connectivity index (χ0v) is 11.5. The van der Waals surface area contributed by atoms with Gasteiger partial charge in [0.05, 0.1) is 6.20 Å². The summed E-state index contributed by atoms with van der Waals surface area (Å²) in [6.45, 7) is 0. The minimum Gasteiger partial charge on any atom is -0.345 e. The standard InChI is InChI=1S/C11H10BrN5O2/c1-17-6-7(12)4-9(17)11(19)16-15-10(18)8-5-13-2-3-14-8/h2-6H,1H3,(H,15,18)(H,16,19). The van der Waals surface area contributed by atoms with Crippen LogP contribution in [0.4, 0.5) is 0 Å². The molecule has 0 unspecified atom stereocenters. The van der Waals surface area contributed by atoms with E-state index in [-0.39, 0.29) is 5.69 Å². The molecule has 0 aliphatic heterocycles. The zero-order chi connectivity index (χ0) is 13.8. The lowest BCUT2D eigenvalue weighted by Gasteiger charge is -2.07. The first-order chi connectivity index (χ1) is 9.08. The van der Waals surface area contributed by atoms with E-state index in [0.29, 0.717) is 5.69 Å². The summed E-state index contributed by atoms with van der Waals surface area (Å²) in [7, 11) is 1.73. The smallest absolute Gasteiger partial charge is 0.289 e. The summed E-state index contributed by atoms with van der Waals surface area (Å²) in [4.78, 5) is 31.0. The molecule has 19 heavy (non-hydrogen) atoms. The second-order valence-electron chi connectivity index (χ2n) is 3.65. The van der Waals surface area contributed by atoms with Gasteiger partial charge in [-0.15, -0.1) is 0 Å². The lowest BCUT2D eigenvalue weighted by atomic mass is 10.4. The van der Waals surface area contributed by atoms with E-state index in [1.54, 1.807) is 23.9 Å². The maximum atomic E-state index is 11.8. The van der Waals surface area contributed by atoms with Crippen LogP contribution in [-0.4, -0.2) is 26.3 Å². The second kappa shape index (κ2) is 5.61. The first kappa shape index (κ1) is 13.2. The van der Waals surface area contributed by atoms with Crippen LogP contribution in [0.15, 0.2) is 35.3 Å². The van der Waals surface area contributed by atoms with Crippen LogP contribution < -0.4 is 10.9 Å². The molecule has 0 radical (unpaired) electrons. The van der Waals surface area contributed by atoms with E-state index in [9.17, 15) is 9.59 Å². The summed E-state index contributed by atoms with van der Waals surface area (Å²) in [6, 6.07) is 1.64. The molecule has 8 heteroatoms. The van der Waals surface area contributed by atoms with Crippen molar-refractivity contribution in [1.29, 1.82) is 0 Å². The quantitative estimate of drug-likeness (QED) is 0.794. The number of aryl methyl sites for hydroxylation is 1. The maximum absolute atomic E-state index is 11.8. The number of amides is 2. The molecule has 2 aromatic rings. The van der Waals surface area contributed by atoms with E-state index in [4.69, 9.17) is 0 Å². The summed E-state index contributed by atoms with van der Waals surface area (Å²) in [5.41, 5.74) is 5.10. The highest BCUT2D eigenvalue weighted by Crippen LogP contribution is 2.13. The van der Waals surface area contributed by atoms with Gasteiger partial charge in [0.15, 0.2) is 0 Å². The Balaban J connectivity index is 1.98. The Hall–Kier alpha value is -2.22. The van der Waals surface area contributed by atoms with E-state index < -0.39 is 11.8 Å². The number of aromatic nitrogens is 3. The van der Waals surface area contributed by atoms with Crippen LogP contribution in [0.3, 0.4) is 0 Å². The van der Waals surface area contributed by atoms with E-state index in [1.165, 1.54) is 18.6 Å². The van der Waals surface area contributed by atoms with Crippen molar-refractivity contribution in [3.8, 4) is 0 Å². The van der Waals surface area contributed by atoms with Gasteiger partial charge in [-0.1, -0.05) is 0 Å². The number of carbonyl (C=O) groups is 2. The van der Waals surface area contributed by atoms with Crippen molar-refractivity contribution >= 4 is 27.7 Å². The van der Waals surface area contributed by atoms with Gasteiger partial charge >= 0.3 is 0 Å². The summed E-state index contributed by atoms with van der Waals surface area (Å²) in [5.74, 6) is -0.958. The average molecular weight is 324 g/mol. The molecule has 0 aliphatic rings. The number of nitrogens with zero attached hydrogens (tertiary/aromatic N) is 3. The van der Waals surface area contributed by atoms with Crippen molar-refractivity contribution in [2.45, 2.75) is 0 Å². The Morgan fingerprint density at radius 1 is 1.26 bits per heavy atom. The molecule has 2 N–H and O–H groups in total. The predicted octanol–water partition coefficient (Wildman–Crippen LogP) is 0.652. The van der Waals surface area contributed by atoms with Gasteiger partial charge in [0.1, 0.15) is 11.4 Å². The molecule has 2 rings (SSSR count). The molecule has 0 spiro atoms. The summed E-state index contributed by atoms with van der Waals surface area (Å²) >= 11 is 3.26. The number of hydrogen-bond acceptors (Lipinski definition) is 4. The minimum absolute atomic E-state index is 0.121. The van der Waals surface area contributed by atoms with E-state index >= 15 is 0 Å². The molecule has 0 aromatic carbocycles. The Morgan fingerprint density at radius 3 is 2.58 bits per heavy atom. The molecule has 0 aliphatic carbocycles. The molecular formula is C11H10BrN5O2. The van der Waals surface area contributed by atoms with Crippen LogP contribution in [-0.2, 0) is 7.05 Å². The second-order valence-corrected chi connectivity index (χ2v) is 4.57. The van der Waals surface area contributed by atoms with E-state index in [1.807, 2.05) is 0 Å². The zero-order valence-electron chi connectivity index (χ0n) is 9.92. The summed E-state index contributed by atoms with van der Waals surface area (Å²) < 4.78 is 2.41. The van der Waals surface area contributed by atoms with Gasteiger partial charge in [0, 0.05) is 30.1 Å². The third-order valence-electron chi connectivity index (χ3n) is 2.29. The topological polar surface area (TPSA) is 88.9 Å². The van der Waals surface area contributed by atoms with Gasteiger partial charge in [-0.3, -0.25) is 25.4 Å². The predicted molar refractivity (Wildman–Crippen MR) is 70.1 cm³/mol. The fourth-order valence-electron chi connectivity index (χ4n) is 1.41. The molecule has 0 bridgehead atoms. The number of carbonyl (C=O) groups excluding carboxylic acids is 2. The minimum atomic E-state index is -0.533. The van der Waals surface area contributed by atoms with Crippen molar-refractivity contribution in [3.05, 3.63) is 46.7 Å². The molecular weight excluding hydrogens is 314 g/mol. The molecule has 98 valence electrons. The van der Waals surface area contributed by atoms with Crippen molar-refractivity contribution in [2.24, 2.45) is 7.05 Å². The SMILES string of the molecule is Cn1cc(Br)cc1C(=O)NNC(=O)c1cnccn1. The first-order valence-corrected chi connectivity index (χ1v) is 6.06. The highest BCUT2D eigenvalue weighted by molar-refractivity contribution is 9.10. The molecule has 2 heterocycles. The monoisotopic (exact) mass is 323 g/mol. The number of nitrogens with one attached hydrogen (secondary N) is 2. The normalized spacial score (nSPS) is 10.0. The van der Waals surface area contributed by atoms with Crippen LogP contribution >= 0.6 is 15.9 Å². The fourth-order valence-corrected chi connectivity index (χ4v) is 1.93. The van der Waals surface area contributed by atoms with Crippen LogP contribution in [0.2, 0.25) is 0 Å². The third kappa shape index (κ3) is 3.16. The number of hydrogen-bond donors (Lipinski definition) is 2. The molecule has 0 saturated heterocycles. The molecule has 2 amide bonds. The number of hydrazine groups is 1. The Bertz CT molecular complexity index is 611. The fraction of sp³-hybridized carbons (Fsp3) is 0.0909. The highest BCUT2D eigenvalue weighted by atomic mass is 79.9.